The first kappa shape index (κ1) is 95.5. The third-order valence-corrected chi connectivity index (χ3v) is 20.9. The standard InChI is InChI=1S/C88H161NO13/c1-3-5-7-9-11-13-15-17-19-21-23-25-27-29-31-33-34-35-36-37-38-39-40-41-42-44-46-48-50-52-54-56-58-60-62-64-66-68-70-72-80(93)89-76(75-99-87-85(98)83(96)86(79(74-91)101-87)102-88-84(97)82(95)81(94)78(73-90)100-88)77(92)71-69-67-65-63-61-59-57-55-53-51-49-47-45-43-32-30-28-26-24-22-20-18-16-14-12-10-8-6-4-2/h5,7,11,13,17,19,23,25,61,63,69,71,76-79,81-88,90-92,94-98H,3-4,6,8-10,12,14-16,18,20-22,24,26-60,62,64-68,70,72-75H2,1-2H3,(H,89,93)/b7-5-,13-11-,19-17-,25-23-,63-61+,71-69+. The zero-order chi connectivity index (χ0) is 73.7. The van der Waals surface area contributed by atoms with Crippen LogP contribution in [0.5, 0.6) is 0 Å². The van der Waals surface area contributed by atoms with E-state index in [1.54, 1.807) is 6.08 Å². The van der Waals surface area contributed by atoms with E-state index in [0.29, 0.717) is 12.8 Å². The fourth-order valence-corrected chi connectivity index (χ4v) is 14.1. The Bertz CT molecular complexity index is 1990. The maximum atomic E-state index is 13.4. The molecule has 596 valence electrons. The molecule has 0 radical (unpaired) electrons. The van der Waals surface area contributed by atoms with Crippen LogP contribution in [0.25, 0.3) is 0 Å². The number of amides is 1. The first-order valence-corrected chi connectivity index (χ1v) is 43.2. The summed E-state index contributed by atoms with van der Waals surface area (Å²) < 4.78 is 22.9. The van der Waals surface area contributed by atoms with Gasteiger partial charge in [-0.25, -0.2) is 0 Å². The first-order chi connectivity index (χ1) is 50.1. The summed E-state index contributed by atoms with van der Waals surface area (Å²) in [5.41, 5.74) is 0. The van der Waals surface area contributed by atoms with Crippen molar-refractivity contribution in [3.63, 3.8) is 0 Å². The van der Waals surface area contributed by atoms with Crippen molar-refractivity contribution in [2.24, 2.45) is 0 Å². The van der Waals surface area contributed by atoms with Crippen molar-refractivity contribution in [3.8, 4) is 0 Å². The Balaban J connectivity index is 1.58. The van der Waals surface area contributed by atoms with Crippen molar-refractivity contribution in [3.05, 3.63) is 72.9 Å². The van der Waals surface area contributed by atoms with E-state index in [1.807, 2.05) is 6.08 Å². The van der Waals surface area contributed by atoms with E-state index in [4.69, 9.17) is 18.9 Å². The summed E-state index contributed by atoms with van der Waals surface area (Å²) in [6.07, 6.45) is 83.0. The Morgan fingerprint density at radius 2 is 0.686 bits per heavy atom. The Morgan fingerprint density at radius 1 is 0.363 bits per heavy atom. The van der Waals surface area contributed by atoms with E-state index in [0.717, 1.165) is 57.8 Å². The molecular formula is C88H161NO13. The van der Waals surface area contributed by atoms with Gasteiger partial charge in [0.05, 0.1) is 32.0 Å². The number of unbranched alkanes of at least 4 members (excludes halogenated alkanes) is 50. The minimum absolute atomic E-state index is 0.242. The molecule has 14 heteroatoms. The molecule has 2 fully saturated rings. The van der Waals surface area contributed by atoms with Crippen LogP contribution in [0, 0.1) is 0 Å². The van der Waals surface area contributed by atoms with Crippen molar-refractivity contribution in [1.29, 1.82) is 0 Å². The van der Waals surface area contributed by atoms with Gasteiger partial charge in [0.15, 0.2) is 12.6 Å². The number of ether oxygens (including phenoxy) is 4. The van der Waals surface area contributed by atoms with Crippen LogP contribution in [0.15, 0.2) is 72.9 Å². The molecule has 102 heavy (non-hydrogen) atoms. The second-order valence-corrected chi connectivity index (χ2v) is 30.3. The smallest absolute Gasteiger partial charge is 0.220 e. The number of carbonyl (C=O) groups excluding carboxylic acids is 1. The molecule has 0 aromatic rings. The molecule has 2 heterocycles. The minimum atomic E-state index is -1.79. The molecule has 2 aliphatic rings. The van der Waals surface area contributed by atoms with Gasteiger partial charge < -0.3 is 65.1 Å². The molecule has 0 spiro atoms. The molecule has 0 aromatic heterocycles. The molecule has 12 unspecified atom stereocenters. The predicted molar refractivity (Wildman–Crippen MR) is 424 cm³/mol. The lowest BCUT2D eigenvalue weighted by atomic mass is 9.97. The largest absolute Gasteiger partial charge is 0.394 e. The number of hydrogen-bond acceptors (Lipinski definition) is 13. The van der Waals surface area contributed by atoms with Gasteiger partial charge in [-0.3, -0.25) is 4.79 Å². The number of nitrogens with one attached hydrogen (secondary N) is 1. The van der Waals surface area contributed by atoms with Gasteiger partial charge in [0.25, 0.3) is 0 Å². The molecule has 0 aromatic carbocycles. The molecule has 9 N–H and O–H groups in total. The molecule has 0 bridgehead atoms. The highest BCUT2D eigenvalue weighted by Gasteiger charge is 2.51. The number of hydrogen-bond donors (Lipinski definition) is 9. The fraction of sp³-hybridized carbons (Fsp3) is 0.852. The van der Waals surface area contributed by atoms with Gasteiger partial charge in [0, 0.05) is 6.42 Å². The lowest BCUT2D eigenvalue weighted by Crippen LogP contribution is -2.65. The highest BCUT2D eigenvalue weighted by Crippen LogP contribution is 2.30. The van der Waals surface area contributed by atoms with Gasteiger partial charge in [-0.15, -0.1) is 0 Å². The zero-order valence-electron chi connectivity index (χ0n) is 65.6. The van der Waals surface area contributed by atoms with Crippen LogP contribution in [0.2, 0.25) is 0 Å². The lowest BCUT2D eigenvalue weighted by molar-refractivity contribution is -0.359. The average Bonchev–Trinajstić information content (AvgIpc) is 0.790. The monoisotopic (exact) mass is 1440 g/mol. The maximum absolute atomic E-state index is 13.4. The van der Waals surface area contributed by atoms with Crippen molar-refractivity contribution >= 4 is 5.91 Å². The summed E-state index contributed by atoms with van der Waals surface area (Å²) in [6, 6.07) is -0.934. The number of allylic oxidation sites excluding steroid dienone is 11. The average molecular weight is 1440 g/mol. The molecule has 0 aliphatic carbocycles. The van der Waals surface area contributed by atoms with Gasteiger partial charge in [0.1, 0.15) is 48.8 Å². The molecule has 14 nitrogen and oxygen atoms in total. The quantitative estimate of drug-likeness (QED) is 0.0204. The summed E-state index contributed by atoms with van der Waals surface area (Å²) >= 11 is 0. The highest BCUT2D eigenvalue weighted by atomic mass is 16.7. The van der Waals surface area contributed by atoms with Crippen molar-refractivity contribution in [2.45, 2.75) is 460 Å². The minimum Gasteiger partial charge on any atom is -0.394 e. The third kappa shape index (κ3) is 53.3. The summed E-state index contributed by atoms with van der Waals surface area (Å²) in [5.74, 6) is -0.242. The normalized spacial score (nSPS) is 22.0. The van der Waals surface area contributed by atoms with E-state index < -0.39 is 86.8 Å². The van der Waals surface area contributed by atoms with E-state index in [1.165, 1.54) is 295 Å². The van der Waals surface area contributed by atoms with E-state index in [9.17, 15) is 45.6 Å². The van der Waals surface area contributed by atoms with E-state index in [2.05, 4.69) is 79.9 Å². The third-order valence-electron chi connectivity index (χ3n) is 20.9. The Morgan fingerprint density at radius 3 is 1.08 bits per heavy atom. The predicted octanol–water partition coefficient (Wildman–Crippen LogP) is 20.5. The lowest BCUT2D eigenvalue weighted by Gasteiger charge is -2.46. The van der Waals surface area contributed by atoms with Crippen molar-refractivity contribution < 1.29 is 64.6 Å². The van der Waals surface area contributed by atoms with Gasteiger partial charge in [0.2, 0.25) is 5.91 Å². The summed E-state index contributed by atoms with van der Waals surface area (Å²) in [4.78, 5) is 13.4. The van der Waals surface area contributed by atoms with E-state index >= 15 is 0 Å². The molecule has 2 aliphatic heterocycles. The second kappa shape index (κ2) is 71.4. The van der Waals surface area contributed by atoms with E-state index in [-0.39, 0.29) is 18.9 Å². The number of rotatable bonds is 73. The Labute approximate surface area is 625 Å². The van der Waals surface area contributed by atoms with Gasteiger partial charge in [-0.05, 0) is 70.6 Å². The van der Waals surface area contributed by atoms with Gasteiger partial charge >= 0.3 is 0 Å². The summed E-state index contributed by atoms with van der Waals surface area (Å²) in [5, 5.41) is 87.8. The fourth-order valence-electron chi connectivity index (χ4n) is 14.1. The van der Waals surface area contributed by atoms with Crippen LogP contribution in [0.4, 0.5) is 0 Å². The van der Waals surface area contributed by atoms with Gasteiger partial charge in [-0.1, -0.05) is 382 Å². The molecule has 12 atom stereocenters. The van der Waals surface area contributed by atoms with Crippen LogP contribution < -0.4 is 5.32 Å². The summed E-state index contributed by atoms with van der Waals surface area (Å²) in [7, 11) is 0. The number of aliphatic hydroxyl groups is 8. The maximum Gasteiger partial charge on any atom is 0.220 e. The van der Waals surface area contributed by atoms with Crippen LogP contribution in [-0.2, 0) is 23.7 Å². The van der Waals surface area contributed by atoms with Crippen LogP contribution in [0.3, 0.4) is 0 Å². The second-order valence-electron chi connectivity index (χ2n) is 30.3. The highest BCUT2D eigenvalue weighted by molar-refractivity contribution is 5.76. The Hall–Kier alpha value is -2.57. The van der Waals surface area contributed by atoms with Crippen LogP contribution in [0.1, 0.15) is 386 Å². The molecular weight excluding hydrogens is 1280 g/mol. The van der Waals surface area contributed by atoms with Crippen molar-refractivity contribution in [2.75, 3.05) is 19.8 Å². The van der Waals surface area contributed by atoms with Crippen molar-refractivity contribution in [1.82, 2.24) is 5.32 Å². The number of carbonyl (C=O) groups is 1. The zero-order valence-corrected chi connectivity index (χ0v) is 65.6. The van der Waals surface area contributed by atoms with Crippen LogP contribution >= 0.6 is 0 Å². The molecule has 2 rings (SSSR count). The Kier molecular flexibility index (Phi) is 66.8. The molecule has 1 amide bonds. The van der Waals surface area contributed by atoms with Gasteiger partial charge in [-0.2, -0.15) is 0 Å². The topological polar surface area (TPSA) is 228 Å². The SMILES string of the molecule is CC/C=C\C/C=C\C/C=C\C/C=C\CCCCCCCCCCCCCCCCCCCCCCCCCCCCC(=O)NC(COC1OC(CO)C(OC2OC(CO)C(O)C(O)C2O)C(O)C1O)C(O)/C=C/CC/C=C/CCCCCCCCCCCCCCCCCCCCCCCCC. The molecule has 0 saturated carbocycles. The van der Waals surface area contributed by atoms with Crippen LogP contribution in [-0.4, -0.2) is 140 Å². The first-order valence-electron chi connectivity index (χ1n) is 43.2. The summed E-state index contributed by atoms with van der Waals surface area (Å²) in [6.45, 7) is 2.73. The molecule has 2 saturated heterocycles. The number of aliphatic hydroxyl groups excluding tert-OH is 8.